The van der Waals surface area contributed by atoms with Gasteiger partial charge in [0.2, 0.25) is 0 Å². The quantitative estimate of drug-likeness (QED) is 0.805. The van der Waals surface area contributed by atoms with Crippen LogP contribution in [0.25, 0.3) is 0 Å². The van der Waals surface area contributed by atoms with Crippen molar-refractivity contribution >= 4 is 0 Å². The maximum absolute atomic E-state index is 13.3. The van der Waals surface area contributed by atoms with Crippen LogP contribution in [0.4, 0.5) is 8.78 Å². The van der Waals surface area contributed by atoms with Gasteiger partial charge in [-0.15, -0.1) is 0 Å². The topological polar surface area (TPSA) is 32.3 Å². The van der Waals surface area contributed by atoms with Crippen molar-refractivity contribution in [3.63, 3.8) is 0 Å². The predicted molar refractivity (Wildman–Crippen MR) is 63.6 cm³/mol. The summed E-state index contributed by atoms with van der Waals surface area (Å²) in [4.78, 5) is 0. The molecule has 2 nitrogen and oxygen atoms in total. The summed E-state index contributed by atoms with van der Waals surface area (Å²) < 4.78 is 26.2. The fourth-order valence-electron chi connectivity index (χ4n) is 1.61. The fourth-order valence-corrected chi connectivity index (χ4v) is 1.61. The van der Waals surface area contributed by atoms with Crippen molar-refractivity contribution in [1.82, 2.24) is 5.32 Å². The highest BCUT2D eigenvalue weighted by molar-refractivity contribution is 5.18. The van der Waals surface area contributed by atoms with Gasteiger partial charge < -0.3 is 10.4 Å². The summed E-state index contributed by atoms with van der Waals surface area (Å²) in [5.74, 6) is -0.889. The van der Waals surface area contributed by atoms with E-state index in [1.165, 1.54) is 6.07 Å². The summed E-state index contributed by atoms with van der Waals surface area (Å²) >= 11 is 0. The Labute approximate surface area is 101 Å². The molecule has 0 aliphatic heterocycles. The van der Waals surface area contributed by atoms with Crippen molar-refractivity contribution in [3.8, 4) is 0 Å². The van der Waals surface area contributed by atoms with Crippen molar-refractivity contribution in [2.24, 2.45) is 0 Å². The van der Waals surface area contributed by atoms with E-state index in [0.717, 1.165) is 12.1 Å². The molecule has 96 valence electrons. The van der Waals surface area contributed by atoms with Crippen LogP contribution in [-0.4, -0.2) is 17.3 Å². The van der Waals surface area contributed by atoms with Crippen molar-refractivity contribution in [3.05, 3.63) is 35.4 Å². The Morgan fingerprint density at radius 2 is 1.88 bits per heavy atom. The monoisotopic (exact) mass is 243 g/mol. The molecule has 0 spiro atoms. The first-order valence-corrected chi connectivity index (χ1v) is 5.88. The fraction of sp³-hybridized carbons (Fsp3) is 0.538. The van der Waals surface area contributed by atoms with E-state index in [1.807, 2.05) is 13.8 Å². The smallest absolute Gasteiger partial charge is 0.127 e. The van der Waals surface area contributed by atoms with Gasteiger partial charge in [0, 0.05) is 18.7 Å². The van der Waals surface area contributed by atoms with Crippen LogP contribution in [0.1, 0.15) is 32.3 Å². The van der Waals surface area contributed by atoms with Gasteiger partial charge in [0.05, 0.1) is 5.60 Å². The van der Waals surface area contributed by atoms with E-state index in [-0.39, 0.29) is 12.1 Å². The second-order valence-corrected chi connectivity index (χ2v) is 4.27. The number of benzene rings is 1. The van der Waals surface area contributed by atoms with Crippen LogP contribution in [0.5, 0.6) is 0 Å². The van der Waals surface area contributed by atoms with Crippen LogP contribution in [-0.2, 0) is 6.54 Å². The number of rotatable bonds is 6. The summed E-state index contributed by atoms with van der Waals surface area (Å²) in [6.07, 6.45) is 1.25. The largest absolute Gasteiger partial charge is 0.389 e. The molecule has 4 heteroatoms. The van der Waals surface area contributed by atoms with E-state index < -0.39 is 17.2 Å². The summed E-state index contributed by atoms with van der Waals surface area (Å²) in [5, 5.41) is 13.0. The Bertz CT molecular complexity index is 364. The molecule has 0 saturated carbocycles. The molecule has 1 rings (SSSR count). The van der Waals surface area contributed by atoms with Crippen LogP contribution >= 0.6 is 0 Å². The Balaban J connectivity index is 2.53. The standard InChI is InChI=1S/C13H19F2NO/c1-3-13(17,4-2)9-16-8-10-7-11(14)5-6-12(10)15/h5-7,16-17H,3-4,8-9H2,1-2H3. The molecule has 2 N–H and O–H groups in total. The van der Waals surface area contributed by atoms with Gasteiger partial charge in [0.25, 0.3) is 0 Å². The summed E-state index contributed by atoms with van der Waals surface area (Å²) in [6, 6.07) is 3.37. The molecule has 0 amide bonds. The van der Waals surface area contributed by atoms with E-state index in [0.29, 0.717) is 19.4 Å². The zero-order valence-corrected chi connectivity index (χ0v) is 10.3. The first kappa shape index (κ1) is 14.1. The first-order chi connectivity index (χ1) is 8.00. The van der Waals surface area contributed by atoms with Crippen LogP contribution in [0.15, 0.2) is 18.2 Å². The van der Waals surface area contributed by atoms with Crippen LogP contribution in [0.3, 0.4) is 0 Å². The first-order valence-electron chi connectivity index (χ1n) is 5.88. The molecule has 17 heavy (non-hydrogen) atoms. The maximum atomic E-state index is 13.3. The molecule has 1 aromatic rings. The lowest BCUT2D eigenvalue weighted by molar-refractivity contribution is 0.0322. The van der Waals surface area contributed by atoms with Gasteiger partial charge in [-0.1, -0.05) is 13.8 Å². The van der Waals surface area contributed by atoms with Gasteiger partial charge in [-0.05, 0) is 31.0 Å². The average molecular weight is 243 g/mol. The highest BCUT2D eigenvalue weighted by atomic mass is 19.1. The van der Waals surface area contributed by atoms with Crippen molar-refractivity contribution < 1.29 is 13.9 Å². The Morgan fingerprint density at radius 3 is 2.47 bits per heavy atom. The normalized spacial score (nSPS) is 11.8. The molecule has 0 bridgehead atoms. The third-order valence-corrected chi connectivity index (χ3v) is 3.09. The number of nitrogens with one attached hydrogen (secondary N) is 1. The molecule has 0 unspecified atom stereocenters. The third kappa shape index (κ3) is 4.06. The Kier molecular flexibility index (Phi) is 5.02. The number of halogens is 2. The summed E-state index contributed by atoms with van der Waals surface area (Å²) in [7, 11) is 0. The number of hydrogen-bond acceptors (Lipinski definition) is 2. The van der Waals surface area contributed by atoms with Gasteiger partial charge in [-0.25, -0.2) is 8.78 Å². The molecule has 0 aliphatic rings. The molecule has 0 aliphatic carbocycles. The minimum absolute atomic E-state index is 0.214. The van der Waals surface area contributed by atoms with Gasteiger partial charge >= 0.3 is 0 Å². The van der Waals surface area contributed by atoms with Crippen LogP contribution < -0.4 is 5.32 Å². The third-order valence-electron chi connectivity index (χ3n) is 3.09. The SMILES string of the molecule is CCC(O)(CC)CNCc1cc(F)ccc1F. The summed E-state index contributed by atoms with van der Waals surface area (Å²) in [6.45, 7) is 4.38. The molecule has 0 atom stereocenters. The lowest BCUT2D eigenvalue weighted by Crippen LogP contribution is -2.39. The Morgan fingerprint density at radius 1 is 1.24 bits per heavy atom. The molecule has 0 heterocycles. The van der Waals surface area contributed by atoms with E-state index >= 15 is 0 Å². The van der Waals surface area contributed by atoms with Crippen LogP contribution in [0, 0.1) is 11.6 Å². The van der Waals surface area contributed by atoms with E-state index in [1.54, 1.807) is 0 Å². The summed E-state index contributed by atoms with van der Waals surface area (Å²) in [5.41, 5.74) is -0.497. The molecular formula is C13H19F2NO. The molecule has 0 fully saturated rings. The van der Waals surface area contributed by atoms with Gasteiger partial charge in [-0.2, -0.15) is 0 Å². The minimum atomic E-state index is -0.774. The van der Waals surface area contributed by atoms with Crippen molar-refractivity contribution in [2.45, 2.75) is 38.8 Å². The van der Waals surface area contributed by atoms with Gasteiger partial charge in [-0.3, -0.25) is 0 Å². The lowest BCUT2D eigenvalue weighted by atomic mass is 9.97. The minimum Gasteiger partial charge on any atom is -0.389 e. The second kappa shape index (κ2) is 6.07. The van der Waals surface area contributed by atoms with Gasteiger partial charge in [0.1, 0.15) is 11.6 Å². The van der Waals surface area contributed by atoms with Gasteiger partial charge in [0.15, 0.2) is 0 Å². The second-order valence-electron chi connectivity index (χ2n) is 4.27. The number of aliphatic hydroxyl groups is 1. The maximum Gasteiger partial charge on any atom is 0.127 e. The van der Waals surface area contributed by atoms with Crippen LogP contribution in [0.2, 0.25) is 0 Å². The molecular weight excluding hydrogens is 224 g/mol. The van der Waals surface area contributed by atoms with Crippen molar-refractivity contribution in [2.75, 3.05) is 6.54 Å². The lowest BCUT2D eigenvalue weighted by Gasteiger charge is -2.25. The predicted octanol–water partition coefficient (Wildman–Crippen LogP) is 2.61. The average Bonchev–Trinajstić information content (AvgIpc) is 2.33. The Hall–Kier alpha value is -1.00. The number of hydrogen-bond donors (Lipinski definition) is 2. The zero-order valence-electron chi connectivity index (χ0n) is 10.3. The van der Waals surface area contributed by atoms with Crippen molar-refractivity contribution in [1.29, 1.82) is 0 Å². The zero-order chi connectivity index (χ0) is 12.9. The highest BCUT2D eigenvalue weighted by Gasteiger charge is 2.21. The molecule has 1 aromatic carbocycles. The molecule has 0 aromatic heterocycles. The highest BCUT2D eigenvalue weighted by Crippen LogP contribution is 2.14. The van der Waals surface area contributed by atoms with E-state index in [4.69, 9.17) is 0 Å². The molecule has 0 saturated heterocycles. The van der Waals surface area contributed by atoms with E-state index in [2.05, 4.69) is 5.32 Å². The molecule has 0 radical (unpaired) electrons. The van der Waals surface area contributed by atoms with E-state index in [9.17, 15) is 13.9 Å².